The van der Waals surface area contributed by atoms with Crippen LogP contribution in [0.2, 0.25) is 0 Å². The molecule has 17 heavy (non-hydrogen) atoms. The third-order valence-electron chi connectivity index (χ3n) is 3.13. The summed E-state index contributed by atoms with van der Waals surface area (Å²) in [5, 5.41) is 13.4. The number of hydrogen-bond acceptors (Lipinski definition) is 4. The molecule has 6 heteroatoms. The van der Waals surface area contributed by atoms with Crippen LogP contribution in [-0.4, -0.2) is 31.5 Å². The predicted octanol–water partition coefficient (Wildman–Crippen LogP) is 0.415. The fourth-order valence-electron chi connectivity index (χ4n) is 2.13. The Bertz CT molecular complexity index is 591. The number of ketones is 1. The van der Waals surface area contributed by atoms with E-state index in [0.717, 1.165) is 0 Å². The lowest BCUT2D eigenvalue weighted by molar-refractivity contribution is -0.153. The van der Waals surface area contributed by atoms with Crippen molar-refractivity contribution in [1.29, 1.82) is 0 Å². The zero-order chi connectivity index (χ0) is 12.0. The molecule has 1 aliphatic carbocycles. The number of nitrogens with zero attached hydrogens (tertiary/aromatic N) is 3. The Morgan fingerprint density at radius 1 is 1.47 bits per heavy atom. The molecule has 1 N–H and O–H groups in total. The summed E-state index contributed by atoms with van der Waals surface area (Å²) in [7, 11) is 0. The first-order valence-corrected chi connectivity index (χ1v) is 5.18. The van der Waals surface area contributed by atoms with Gasteiger partial charge < -0.3 is 5.11 Å². The molecule has 2 heterocycles. The van der Waals surface area contributed by atoms with E-state index in [-0.39, 0.29) is 18.6 Å². The fourth-order valence-corrected chi connectivity index (χ4v) is 2.13. The van der Waals surface area contributed by atoms with Crippen LogP contribution in [0.5, 0.6) is 0 Å². The number of carbonyl (C=O) groups is 2. The highest BCUT2D eigenvalue weighted by Gasteiger charge is 2.53. The number of aliphatic carboxylic acids is 1. The van der Waals surface area contributed by atoms with Gasteiger partial charge in [0.1, 0.15) is 11.2 Å². The van der Waals surface area contributed by atoms with E-state index in [4.69, 9.17) is 0 Å². The Balaban J connectivity index is 2.13. The number of rotatable bonds is 2. The minimum atomic E-state index is -1.15. The van der Waals surface area contributed by atoms with Gasteiger partial charge in [-0.1, -0.05) is 0 Å². The van der Waals surface area contributed by atoms with Crippen LogP contribution in [0.1, 0.15) is 18.5 Å². The lowest BCUT2D eigenvalue weighted by Gasteiger charge is -2.34. The summed E-state index contributed by atoms with van der Waals surface area (Å²) >= 11 is 0. The molecule has 0 bridgehead atoms. The summed E-state index contributed by atoms with van der Waals surface area (Å²) in [6, 6.07) is 3.34. The topological polar surface area (TPSA) is 84.6 Å². The van der Waals surface area contributed by atoms with Gasteiger partial charge in [-0.15, -0.1) is 0 Å². The maximum absolute atomic E-state index is 11.3. The molecule has 2 aromatic rings. The minimum Gasteiger partial charge on any atom is -0.481 e. The smallest absolute Gasteiger partial charge is 0.316 e. The fraction of sp³-hybridized carbons (Fsp3) is 0.273. The molecule has 3 rings (SSSR count). The van der Waals surface area contributed by atoms with E-state index < -0.39 is 11.4 Å². The summed E-state index contributed by atoms with van der Waals surface area (Å²) in [4.78, 5) is 26.5. The van der Waals surface area contributed by atoms with Gasteiger partial charge >= 0.3 is 5.97 Å². The van der Waals surface area contributed by atoms with E-state index >= 15 is 0 Å². The normalized spacial score (nSPS) is 18.0. The van der Waals surface area contributed by atoms with Gasteiger partial charge in [0.05, 0.1) is 5.69 Å². The number of hydrogen-bond donors (Lipinski definition) is 1. The summed E-state index contributed by atoms with van der Waals surface area (Å²) in [5.74, 6) is -1.04. The molecule has 2 aromatic heterocycles. The van der Waals surface area contributed by atoms with E-state index in [1.54, 1.807) is 24.5 Å². The molecule has 1 saturated carbocycles. The molecule has 0 atom stereocenters. The summed E-state index contributed by atoms with van der Waals surface area (Å²) in [6.07, 6.45) is 3.35. The van der Waals surface area contributed by atoms with Crippen LogP contribution in [0, 0.1) is 0 Å². The molecule has 0 unspecified atom stereocenters. The standard InChI is InChI=1S/C11H9N3O3/c15-7-5-11(6-7,10(16)17)8-4-9-12-2-1-3-14(9)13-8/h1-4H,5-6H2,(H,16,17). The molecule has 0 spiro atoms. The summed E-state index contributed by atoms with van der Waals surface area (Å²) < 4.78 is 1.52. The number of fused-ring (bicyclic) bond motifs is 1. The quantitative estimate of drug-likeness (QED) is 0.809. The van der Waals surface area contributed by atoms with E-state index in [2.05, 4.69) is 10.1 Å². The zero-order valence-electron chi connectivity index (χ0n) is 8.83. The van der Waals surface area contributed by atoms with Gasteiger partial charge in [-0.3, -0.25) is 9.59 Å². The number of aromatic nitrogens is 3. The molecule has 0 aliphatic heterocycles. The van der Waals surface area contributed by atoms with Crippen molar-refractivity contribution in [1.82, 2.24) is 14.6 Å². The van der Waals surface area contributed by atoms with Gasteiger partial charge in [0.15, 0.2) is 5.65 Å². The van der Waals surface area contributed by atoms with Crippen LogP contribution in [0.25, 0.3) is 5.65 Å². The monoisotopic (exact) mass is 231 g/mol. The average Bonchev–Trinajstić information content (AvgIpc) is 2.67. The van der Waals surface area contributed by atoms with Gasteiger partial charge in [-0.05, 0) is 6.07 Å². The second-order valence-electron chi connectivity index (χ2n) is 4.23. The van der Waals surface area contributed by atoms with Crippen molar-refractivity contribution in [3.63, 3.8) is 0 Å². The molecule has 0 radical (unpaired) electrons. The van der Waals surface area contributed by atoms with Crippen LogP contribution in [0.4, 0.5) is 0 Å². The van der Waals surface area contributed by atoms with Gasteiger partial charge in [0.2, 0.25) is 0 Å². The van der Waals surface area contributed by atoms with Crippen LogP contribution in [0.3, 0.4) is 0 Å². The van der Waals surface area contributed by atoms with Crippen LogP contribution >= 0.6 is 0 Å². The second kappa shape index (κ2) is 3.13. The van der Waals surface area contributed by atoms with Crippen molar-refractivity contribution >= 4 is 17.4 Å². The highest BCUT2D eigenvalue weighted by atomic mass is 16.4. The van der Waals surface area contributed by atoms with Crippen molar-refractivity contribution in [2.45, 2.75) is 18.3 Å². The SMILES string of the molecule is O=C1CC(C(=O)O)(c2cc3ncccn3n2)C1. The first-order valence-electron chi connectivity index (χ1n) is 5.18. The van der Waals surface area contributed by atoms with E-state index in [9.17, 15) is 14.7 Å². The summed E-state index contributed by atoms with van der Waals surface area (Å²) in [5.41, 5.74) is -0.157. The molecular weight excluding hydrogens is 222 g/mol. The molecule has 86 valence electrons. The van der Waals surface area contributed by atoms with Crippen molar-refractivity contribution in [3.05, 3.63) is 30.2 Å². The third-order valence-corrected chi connectivity index (χ3v) is 3.13. The van der Waals surface area contributed by atoms with Crippen LogP contribution in [-0.2, 0) is 15.0 Å². The number of Topliss-reactive ketones (excluding diaryl/α,β-unsaturated/α-hetero) is 1. The Hall–Kier alpha value is -2.24. The first kappa shape index (κ1) is 9.95. The third kappa shape index (κ3) is 1.27. The molecular formula is C11H9N3O3. The van der Waals surface area contributed by atoms with Crippen LogP contribution < -0.4 is 0 Å². The van der Waals surface area contributed by atoms with Gasteiger partial charge in [0, 0.05) is 31.3 Å². The molecule has 1 fully saturated rings. The first-order chi connectivity index (χ1) is 8.12. The van der Waals surface area contributed by atoms with Gasteiger partial charge in [0.25, 0.3) is 0 Å². The second-order valence-corrected chi connectivity index (χ2v) is 4.23. The lowest BCUT2D eigenvalue weighted by atomic mass is 9.66. The highest BCUT2D eigenvalue weighted by Crippen LogP contribution is 2.41. The largest absolute Gasteiger partial charge is 0.481 e. The van der Waals surface area contributed by atoms with Crippen molar-refractivity contribution < 1.29 is 14.7 Å². The summed E-state index contributed by atoms with van der Waals surface area (Å²) in [6.45, 7) is 0. The van der Waals surface area contributed by atoms with E-state index in [1.165, 1.54) is 4.52 Å². The maximum atomic E-state index is 11.3. The Kier molecular flexibility index (Phi) is 1.83. The Labute approximate surface area is 95.9 Å². The Morgan fingerprint density at radius 2 is 2.24 bits per heavy atom. The highest BCUT2D eigenvalue weighted by molar-refractivity contribution is 6.01. The molecule has 6 nitrogen and oxygen atoms in total. The van der Waals surface area contributed by atoms with E-state index in [1.807, 2.05) is 0 Å². The van der Waals surface area contributed by atoms with Gasteiger partial charge in [-0.2, -0.15) is 5.10 Å². The van der Waals surface area contributed by atoms with Crippen molar-refractivity contribution in [2.24, 2.45) is 0 Å². The average molecular weight is 231 g/mol. The van der Waals surface area contributed by atoms with Crippen LogP contribution in [0.15, 0.2) is 24.5 Å². The molecule has 0 amide bonds. The maximum Gasteiger partial charge on any atom is 0.316 e. The Morgan fingerprint density at radius 3 is 2.82 bits per heavy atom. The van der Waals surface area contributed by atoms with Gasteiger partial charge in [-0.25, -0.2) is 9.50 Å². The number of carboxylic acid groups (broad SMARTS) is 1. The minimum absolute atomic E-state index is 0.0201. The lowest BCUT2D eigenvalue weighted by Crippen LogP contribution is -2.48. The van der Waals surface area contributed by atoms with E-state index in [0.29, 0.717) is 11.3 Å². The molecule has 0 aromatic carbocycles. The number of carbonyl (C=O) groups excluding carboxylic acids is 1. The van der Waals surface area contributed by atoms with Crippen molar-refractivity contribution in [3.8, 4) is 0 Å². The van der Waals surface area contributed by atoms with Crippen molar-refractivity contribution in [2.75, 3.05) is 0 Å². The zero-order valence-corrected chi connectivity index (χ0v) is 8.83. The molecule has 1 aliphatic rings. The number of carboxylic acids is 1. The predicted molar refractivity (Wildman–Crippen MR) is 56.5 cm³/mol. The molecule has 0 saturated heterocycles.